The zero-order chi connectivity index (χ0) is 20.3. The molecule has 7 heteroatoms. The molecule has 0 saturated carbocycles. The van der Waals surface area contributed by atoms with Crippen LogP contribution in [0.3, 0.4) is 0 Å². The van der Waals surface area contributed by atoms with Gasteiger partial charge in [-0.25, -0.2) is 8.42 Å². The van der Waals surface area contributed by atoms with Gasteiger partial charge in [0.25, 0.3) is 0 Å². The van der Waals surface area contributed by atoms with Gasteiger partial charge in [0, 0.05) is 31.1 Å². The topological polar surface area (TPSA) is 57.7 Å². The van der Waals surface area contributed by atoms with Crippen LogP contribution in [0.5, 0.6) is 0 Å². The summed E-state index contributed by atoms with van der Waals surface area (Å²) in [5.74, 6) is 0.0529. The monoisotopic (exact) mass is 418 g/mol. The maximum absolute atomic E-state index is 12.9. The van der Waals surface area contributed by atoms with E-state index in [1.165, 1.54) is 16.1 Å². The zero-order valence-electron chi connectivity index (χ0n) is 16.5. The summed E-state index contributed by atoms with van der Waals surface area (Å²) in [5, 5.41) is -0.203. The molecule has 0 aliphatic carbocycles. The van der Waals surface area contributed by atoms with Gasteiger partial charge in [0.1, 0.15) is 0 Å². The van der Waals surface area contributed by atoms with Crippen molar-refractivity contribution >= 4 is 27.7 Å². The van der Waals surface area contributed by atoms with Gasteiger partial charge in [-0.1, -0.05) is 24.3 Å². The molecule has 1 aliphatic heterocycles. The smallest absolute Gasteiger partial charge is 0.243 e. The molecule has 1 unspecified atom stereocenters. The van der Waals surface area contributed by atoms with Crippen molar-refractivity contribution in [1.29, 1.82) is 0 Å². The average molecular weight is 419 g/mol. The molecule has 28 heavy (non-hydrogen) atoms. The molecule has 1 aliphatic rings. The van der Waals surface area contributed by atoms with E-state index in [1.54, 1.807) is 17.0 Å². The van der Waals surface area contributed by atoms with Crippen LogP contribution < -0.4 is 0 Å². The first-order valence-electron chi connectivity index (χ1n) is 9.37. The first-order valence-corrected chi connectivity index (χ1v) is 11.7. The van der Waals surface area contributed by atoms with Crippen LogP contribution in [0.25, 0.3) is 0 Å². The van der Waals surface area contributed by atoms with E-state index < -0.39 is 10.0 Å². The Kier molecular flexibility index (Phi) is 6.47. The molecule has 0 N–H and O–H groups in total. The Morgan fingerprint density at radius 3 is 2.21 bits per heavy atom. The van der Waals surface area contributed by atoms with E-state index in [2.05, 4.69) is 0 Å². The summed E-state index contributed by atoms with van der Waals surface area (Å²) in [6, 6.07) is 15.1. The molecule has 1 fully saturated rings. The Bertz CT molecular complexity index is 937. The van der Waals surface area contributed by atoms with E-state index in [0.717, 1.165) is 16.0 Å². The number of rotatable bonds is 5. The maximum Gasteiger partial charge on any atom is 0.243 e. The normalized spacial score (nSPS) is 16.8. The molecule has 2 aromatic rings. The molecular weight excluding hydrogens is 392 g/mol. The van der Waals surface area contributed by atoms with Gasteiger partial charge in [-0.2, -0.15) is 4.31 Å². The lowest BCUT2D eigenvalue weighted by atomic mass is 10.1. The fourth-order valence-corrected chi connectivity index (χ4v) is 5.66. The van der Waals surface area contributed by atoms with Gasteiger partial charge in [-0.05, 0) is 56.2 Å². The standard InChI is InChI=1S/C21H26N2O3S2/c1-16-9-10-20(15-17(16)2)28(25,26)23-13-11-22(12-14-23)21(24)18(3)27-19-7-5-4-6-8-19/h4-10,15,18H,11-14H2,1-3H3. The number of piperazine rings is 1. The molecule has 0 aromatic heterocycles. The number of sulfonamides is 1. The minimum Gasteiger partial charge on any atom is -0.339 e. The summed E-state index contributed by atoms with van der Waals surface area (Å²) in [6.45, 7) is 7.26. The molecule has 3 rings (SSSR count). The number of benzene rings is 2. The predicted octanol–water partition coefficient (Wildman–Crippen LogP) is 3.32. The molecular formula is C21H26N2O3S2. The Balaban J connectivity index is 1.61. The molecule has 150 valence electrons. The van der Waals surface area contributed by atoms with Crippen molar-refractivity contribution < 1.29 is 13.2 Å². The van der Waals surface area contributed by atoms with Crippen molar-refractivity contribution in [1.82, 2.24) is 9.21 Å². The number of amides is 1. The van der Waals surface area contributed by atoms with E-state index in [-0.39, 0.29) is 11.2 Å². The highest BCUT2D eigenvalue weighted by Gasteiger charge is 2.31. The largest absolute Gasteiger partial charge is 0.339 e. The van der Waals surface area contributed by atoms with Crippen LogP contribution in [0.2, 0.25) is 0 Å². The van der Waals surface area contributed by atoms with Crippen molar-refractivity contribution in [2.24, 2.45) is 0 Å². The van der Waals surface area contributed by atoms with E-state index >= 15 is 0 Å². The van der Waals surface area contributed by atoms with Crippen LogP contribution in [0.4, 0.5) is 0 Å². The lowest BCUT2D eigenvalue weighted by Crippen LogP contribution is -2.52. The third-order valence-corrected chi connectivity index (χ3v) is 8.06. The van der Waals surface area contributed by atoms with Crippen LogP contribution in [0.15, 0.2) is 58.3 Å². The van der Waals surface area contributed by atoms with Crippen molar-refractivity contribution in [2.75, 3.05) is 26.2 Å². The van der Waals surface area contributed by atoms with Gasteiger partial charge in [0.2, 0.25) is 15.9 Å². The van der Waals surface area contributed by atoms with Crippen LogP contribution in [-0.4, -0.2) is 55.0 Å². The molecule has 1 heterocycles. The van der Waals surface area contributed by atoms with Gasteiger partial charge in [0.05, 0.1) is 10.1 Å². The fraction of sp³-hybridized carbons (Fsp3) is 0.381. The lowest BCUT2D eigenvalue weighted by Gasteiger charge is -2.35. The van der Waals surface area contributed by atoms with Crippen LogP contribution in [0, 0.1) is 13.8 Å². The predicted molar refractivity (Wildman–Crippen MR) is 113 cm³/mol. The molecule has 1 saturated heterocycles. The van der Waals surface area contributed by atoms with Crippen LogP contribution >= 0.6 is 11.8 Å². The van der Waals surface area contributed by atoms with Gasteiger partial charge in [-0.15, -0.1) is 11.8 Å². The second-order valence-electron chi connectivity index (χ2n) is 7.05. The second-order valence-corrected chi connectivity index (χ2v) is 10.4. The Morgan fingerprint density at radius 2 is 1.61 bits per heavy atom. The number of thioether (sulfide) groups is 1. The summed E-state index contributed by atoms with van der Waals surface area (Å²) >= 11 is 1.53. The number of hydrogen-bond acceptors (Lipinski definition) is 4. The summed E-state index contributed by atoms with van der Waals surface area (Å²) in [5.41, 5.74) is 2.03. The summed E-state index contributed by atoms with van der Waals surface area (Å²) in [7, 11) is -3.53. The number of aryl methyl sites for hydroxylation is 2. The Hall–Kier alpha value is -1.83. The molecule has 1 atom stereocenters. The molecule has 0 spiro atoms. The third kappa shape index (κ3) is 4.59. The van der Waals surface area contributed by atoms with Crippen molar-refractivity contribution in [2.45, 2.75) is 35.8 Å². The minimum absolute atomic E-state index is 0.0529. The SMILES string of the molecule is Cc1ccc(S(=O)(=O)N2CCN(C(=O)C(C)Sc3ccccc3)CC2)cc1C. The minimum atomic E-state index is -3.53. The quantitative estimate of drug-likeness (QED) is 0.699. The van der Waals surface area contributed by atoms with Crippen molar-refractivity contribution in [3.63, 3.8) is 0 Å². The highest BCUT2D eigenvalue weighted by Crippen LogP contribution is 2.25. The van der Waals surface area contributed by atoms with Gasteiger partial charge < -0.3 is 4.90 Å². The molecule has 5 nitrogen and oxygen atoms in total. The highest BCUT2D eigenvalue weighted by atomic mass is 32.2. The summed E-state index contributed by atoms with van der Waals surface area (Å²) in [4.78, 5) is 15.9. The van der Waals surface area contributed by atoms with E-state index in [4.69, 9.17) is 0 Å². The lowest BCUT2D eigenvalue weighted by molar-refractivity contribution is -0.131. The summed E-state index contributed by atoms with van der Waals surface area (Å²) < 4.78 is 27.3. The summed E-state index contributed by atoms with van der Waals surface area (Å²) in [6.07, 6.45) is 0. The fourth-order valence-electron chi connectivity index (χ4n) is 3.18. The molecule has 1 amide bonds. The molecule has 0 bridgehead atoms. The molecule has 2 aromatic carbocycles. The first-order chi connectivity index (χ1) is 13.3. The second kappa shape index (κ2) is 8.68. The highest BCUT2D eigenvalue weighted by molar-refractivity contribution is 8.00. The van der Waals surface area contributed by atoms with Gasteiger partial charge >= 0.3 is 0 Å². The van der Waals surface area contributed by atoms with Gasteiger partial charge in [-0.3, -0.25) is 4.79 Å². The van der Waals surface area contributed by atoms with Crippen molar-refractivity contribution in [3.8, 4) is 0 Å². The van der Waals surface area contributed by atoms with Crippen molar-refractivity contribution in [3.05, 3.63) is 59.7 Å². The average Bonchev–Trinajstić information content (AvgIpc) is 2.70. The van der Waals surface area contributed by atoms with Crippen LogP contribution in [0.1, 0.15) is 18.1 Å². The zero-order valence-corrected chi connectivity index (χ0v) is 18.1. The number of carbonyl (C=O) groups is 1. The van der Waals surface area contributed by atoms with E-state index in [9.17, 15) is 13.2 Å². The van der Waals surface area contributed by atoms with Crippen LogP contribution in [-0.2, 0) is 14.8 Å². The first kappa shape index (κ1) is 20.9. The Morgan fingerprint density at radius 1 is 0.964 bits per heavy atom. The molecule has 0 radical (unpaired) electrons. The van der Waals surface area contributed by atoms with Gasteiger partial charge in [0.15, 0.2) is 0 Å². The number of hydrogen-bond donors (Lipinski definition) is 0. The number of nitrogens with zero attached hydrogens (tertiary/aromatic N) is 2. The Labute approximate surface area is 171 Å². The van der Waals surface area contributed by atoms with E-state index in [0.29, 0.717) is 31.1 Å². The maximum atomic E-state index is 12.9. The number of carbonyl (C=O) groups excluding carboxylic acids is 1. The van der Waals surface area contributed by atoms with E-state index in [1.807, 2.05) is 57.2 Å². The third-order valence-electron chi connectivity index (χ3n) is 5.07.